The molecule has 4 nitrogen and oxygen atoms in total. The summed E-state index contributed by atoms with van der Waals surface area (Å²) in [5.41, 5.74) is 0.452. The molecule has 0 saturated carbocycles. The lowest BCUT2D eigenvalue weighted by Crippen LogP contribution is -2.02. The Morgan fingerprint density at radius 2 is 2.00 bits per heavy atom. The fourth-order valence-electron chi connectivity index (χ4n) is 0.880. The molecule has 5 heteroatoms. The van der Waals surface area contributed by atoms with E-state index in [0.717, 1.165) is 0 Å². The van der Waals surface area contributed by atoms with Crippen molar-refractivity contribution in [2.24, 2.45) is 0 Å². The van der Waals surface area contributed by atoms with Crippen LogP contribution in [0.3, 0.4) is 0 Å². The molecule has 0 amide bonds. The van der Waals surface area contributed by atoms with E-state index in [-0.39, 0.29) is 7.69 Å². The first-order chi connectivity index (χ1) is 6.27. The number of benzene rings is 1. The summed E-state index contributed by atoms with van der Waals surface area (Å²) in [6.45, 7) is 0. The zero-order chi connectivity index (χ0) is 9.68. The number of rotatable bonds is 3. The Balaban J connectivity index is 2.75. The Kier molecular flexibility index (Phi) is 3.34. The average Bonchev–Trinajstić information content (AvgIpc) is 2.18. The van der Waals surface area contributed by atoms with Crippen molar-refractivity contribution in [1.82, 2.24) is 0 Å². The maximum absolute atomic E-state index is 11.0. The first kappa shape index (κ1) is 9.60. The maximum Gasteiger partial charge on any atom is 0.504 e. The highest BCUT2D eigenvalue weighted by atomic mass is 16.5. The van der Waals surface area contributed by atoms with Crippen molar-refractivity contribution in [1.29, 1.82) is 0 Å². The Bertz CT molecular complexity index is 283. The summed E-state index contributed by atoms with van der Waals surface area (Å²) in [6, 6.07) is 6.30. The van der Waals surface area contributed by atoms with Crippen LogP contribution in [0.2, 0.25) is 0 Å². The normalized spacial score (nSPS) is 9.08. The van der Waals surface area contributed by atoms with E-state index in [2.05, 4.69) is 4.74 Å². The molecule has 13 heavy (non-hydrogen) atoms. The first-order valence-electron chi connectivity index (χ1n) is 3.70. The molecule has 0 spiro atoms. The molecular formula is C8H9BO4. The number of hydrogen-bond acceptors (Lipinski definition) is 4. The van der Waals surface area contributed by atoms with Gasteiger partial charge >= 0.3 is 13.7 Å². The lowest BCUT2D eigenvalue weighted by molar-refractivity contribution is 0.0601. The standard InChI is InChI=1S/C8H9BO4/c1-12-8(10)6-2-4-7(5-3-6)13-9-11/h2-5,9,11H,1H3. The van der Waals surface area contributed by atoms with Gasteiger partial charge in [-0.2, -0.15) is 0 Å². The van der Waals surface area contributed by atoms with Gasteiger partial charge in [0.05, 0.1) is 12.7 Å². The van der Waals surface area contributed by atoms with Gasteiger partial charge in [-0.05, 0) is 24.3 Å². The highest BCUT2D eigenvalue weighted by molar-refractivity contribution is 6.17. The van der Waals surface area contributed by atoms with Gasteiger partial charge in [0.15, 0.2) is 0 Å². The summed E-state index contributed by atoms with van der Waals surface area (Å²) in [7, 11) is 0.942. The van der Waals surface area contributed by atoms with Gasteiger partial charge in [-0.1, -0.05) is 0 Å². The van der Waals surface area contributed by atoms with Crippen molar-refractivity contribution in [2.75, 3.05) is 7.11 Å². The summed E-state index contributed by atoms with van der Waals surface area (Å²) in [5.74, 6) is 0.116. The molecular weight excluding hydrogens is 171 g/mol. The fourth-order valence-corrected chi connectivity index (χ4v) is 0.880. The molecule has 0 aliphatic rings. The molecule has 0 fully saturated rings. The highest BCUT2D eigenvalue weighted by Gasteiger charge is 2.03. The van der Waals surface area contributed by atoms with Gasteiger partial charge in [0, 0.05) is 0 Å². The summed E-state index contributed by atoms with van der Waals surface area (Å²) in [4.78, 5) is 11.0. The van der Waals surface area contributed by atoms with E-state index >= 15 is 0 Å². The maximum atomic E-state index is 11.0. The minimum absolute atomic E-state index is 0.377. The average molecular weight is 180 g/mol. The largest absolute Gasteiger partial charge is 0.539 e. The van der Waals surface area contributed by atoms with Crippen molar-refractivity contribution in [3.63, 3.8) is 0 Å². The molecule has 1 aromatic rings. The summed E-state index contributed by atoms with van der Waals surface area (Å²) >= 11 is 0. The van der Waals surface area contributed by atoms with Crippen molar-refractivity contribution in [3.8, 4) is 5.75 Å². The zero-order valence-corrected chi connectivity index (χ0v) is 7.19. The highest BCUT2D eigenvalue weighted by Crippen LogP contribution is 2.11. The van der Waals surface area contributed by atoms with Crippen LogP contribution in [0, 0.1) is 0 Å². The molecule has 0 aliphatic carbocycles. The number of methoxy groups -OCH3 is 1. The summed E-state index contributed by atoms with van der Waals surface area (Å²) in [6.07, 6.45) is 0. The Labute approximate surface area is 76.4 Å². The topological polar surface area (TPSA) is 55.8 Å². The van der Waals surface area contributed by atoms with Crippen LogP contribution in [0.4, 0.5) is 0 Å². The lowest BCUT2D eigenvalue weighted by atomic mass is 10.2. The van der Waals surface area contributed by atoms with E-state index in [1.54, 1.807) is 24.3 Å². The molecule has 0 aliphatic heterocycles. The van der Waals surface area contributed by atoms with Gasteiger partial charge in [-0.3, -0.25) is 0 Å². The van der Waals surface area contributed by atoms with E-state index in [0.29, 0.717) is 11.3 Å². The molecule has 68 valence electrons. The second-order valence-corrected chi connectivity index (χ2v) is 2.29. The predicted octanol–water partition coefficient (Wildman–Crippen LogP) is 0.111. The predicted molar refractivity (Wildman–Crippen MR) is 47.8 cm³/mol. The van der Waals surface area contributed by atoms with Crippen molar-refractivity contribution in [3.05, 3.63) is 29.8 Å². The van der Waals surface area contributed by atoms with Crippen molar-refractivity contribution in [2.45, 2.75) is 0 Å². The minimum Gasteiger partial charge on any atom is -0.539 e. The van der Waals surface area contributed by atoms with Gasteiger partial charge in [0.2, 0.25) is 0 Å². The smallest absolute Gasteiger partial charge is 0.504 e. The second kappa shape index (κ2) is 4.52. The van der Waals surface area contributed by atoms with E-state index in [1.165, 1.54) is 7.11 Å². The van der Waals surface area contributed by atoms with Crippen LogP contribution in [0.1, 0.15) is 10.4 Å². The molecule has 0 saturated heterocycles. The van der Waals surface area contributed by atoms with Crippen LogP contribution in [0.25, 0.3) is 0 Å². The number of esters is 1. The molecule has 0 heterocycles. The molecule has 0 unspecified atom stereocenters. The third-order valence-electron chi connectivity index (χ3n) is 1.51. The molecule has 1 aromatic carbocycles. The fraction of sp³-hybridized carbons (Fsp3) is 0.125. The van der Waals surface area contributed by atoms with E-state index in [1.807, 2.05) is 0 Å². The van der Waals surface area contributed by atoms with E-state index in [4.69, 9.17) is 9.68 Å². The monoisotopic (exact) mass is 180 g/mol. The third-order valence-corrected chi connectivity index (χ3v) is 1.51. The summed E-state index contributed by atoms with van der Waals surface area (Å²) in [5, 5.41) is 8.43. The van der Waals surface area contributed by atoms with Gasteiger partial charge in [0.25, 0.3) is 0 Å². The Morgan fingerprint density at radius 1 is 1.38 bits per heavy atom. The van der Waals surface area contributed by atoms with Crippen LogP contribution >= 0.6 is 0 Å². The van der Waals surface area contributed by atoms with Crippen molar-refractivity contribution < 1.29 is 19.2 Å². The Morgan fingerprint density at radius 3 is 2.46 bits per heavy atom. The summed E-state index contributed by atoms with van der Waals surface area (Å²) < 4.78 is 9.28. The van der Waals surface area contributed by atoms with Gasteiger partial charge in [-0.15, -0.1) is 0 Å². The molecule has 1 N–H and O–H groups in total. The number of ether oxygens (including phenoxy) is 1. The Hall–Kier alpha value is -1.49. The van der Waals surface area contributed by atoms with Crippen LogP contribution in [0.15, 0.2) is 24.3 Å². The SMILES string of the molecule is COC(=O)c1ccc(OBO)cc1. The van der Waals surface area contributed by atoms with Crippen LogP contribution in [0.5, 0.6) is 5.75 Å². The van der Waals surface area contributed by atoms with Crippen LogP contribution < -0.4 is 4.65 Å². The molecule has 0 bridgehead atoms. The van der Waals surface area contributed by atoms with Crippen LogP contribution in [-0.4, -0.2) is 25.8 Å². The minimum atomic E-state index is -0.393. The molecule has 0 radical (unpaired) electrons. The van der Waals surface area contributed by atoms with Crippen molar-refractivity contribution >= 4 is 13.7 Å². The van der Waals surface area contributed by atoms with E-state index < -0.39 is 5.97 Å². The van der Waals surface area contributed by atoms with Gasteiger partial charge < -0.3 is 14.4 Å². The molecule has 0 atom stereocenters. The van der Waals surface area contributed by atoms with Gasteiger partial charge in [-0.25, -0.2) is 4.79 Å². The third kappa shape index (κ3) is 2.49. The number of carbonyl (C=O) groups excluding carboxylic acids is 1. The number of hydrogen-bond donors (Lipinski definition) is 1. The van der Waals surface area contributed by atoms with E-state index in [9.17, 15) is 4.79 Å². The van der Waals surface area contributed by atoms with Crippen LogP contribution in [-0.2, 0) is 4.74 Å². The second-order valence-electron chi connectivity index (χ2n) is 2.29. The first-order valence-corrected chi connectivity index (χ1v) is 3.70. The quantitative estimate of drug-likeness (QED) is 0.529. The number of carbonyl (C=O) groups is 1. The zero-order valence-electron chi connectivity index (χ0n) is 7.19. The lowest BCUT2D eigenvalue weighted by Gasteiger charge is -2.02. The molecule has 1 rings (SSSR count). The molecule has 0 aromatic heterocycles. The van der Waals surface area contributed by atoms with Gasteiger partial charge in [0.1, 0.15) is 5.75 Å².